The second-order valence-electron chi connectivity index (χ2n) is 11.9. The van der Waals surface area contributed by atoms with Crippen molar-refractivity contribution in [3.8, 4) is 0 Å². The molecule has 0 amide bonds. The van der Waals surface area contributed by atoms with E-state index in [0.29, 0.717) is 79.0 Å². The predicted molar refractivity (Wildman–Crippen MR) is 205 cm³/mol. The summed E-state index contributed by atoms with van der Waals surface area (Å²) in [6.07, 6.45) is 10.4. The molecule has 0 bridgehead atoms. The topological polar surface area (TPSA) is 101 Å². The number of fused-ring (bicyclic) bond motifs is 4. The van der Waals surface area contributed by atoms with E-state index in [1.54, 1.807) is 0 Å². The average Bonchev–Trinajstić information content (AvgIpc) is 3.59. The Morgan fingerprint density at radius 2 is 0.902 bits per heavy atom. The van der Waals surface area contributed by atoms with Gasteiger partial charge in [0.1, 0.15) is 12.0 Å². The van der Waals surface area contributed by atoms with E-state index in [0.717, 1.165) is 51.2 Å². The van der Waals surface area contributed by atoms with Gasteiger partial charge in [0, 0.05) is 52.6 Å². The average molecular weight is 695 g/mol. The summed E-state index contributed by atoms with van der Waals surface area (Å²) < 4.78 is 23.2. The molecule has 4 heterocycles. The third-order valence-electron chi connectivity index (χ3n) is 8.75. The van der Waals surface area contributed by atoms with Gasteiger partial charge in [-0.15, -0.1) is 0 Å². The Hall–Kier alpha value is -4.62. The van der Waals surface area contributed by atoms with Gasteiger partial charge in [0.05, 0.1) is 48.5 Å². The summed E-state index contributed by atoms with van der Waals surface area (Å²) >= 11 is 0. The first-order chi connectivity index (χ1) is 25.2. The van der Waals surface area contributed by atoms with E-state index in [4.69, 9.17) is 38.9 Å². The van der Waals surface area contributed by atoms with E-state index in [1.165, 1.54) is 0 Å². The number of hydrogen-bond acceptors (Lipinski definition) is 12. The number of allylic oxidation sites excluding steroid dienone is 4. The summed E-state index contributed by atoms with van der Waals surface area (Å²) in [6, 6.07) is 16.0. The molecule has 2 aliphatic heterocycles. The van der Waals surface area contributed by atoms with E-state index in [9.17, 15) is 0 Å². The van der Waals surface area contributed by atoms with E-state index in [-0.39, 0.29) is 6.17 Å². The number of nitrogens with zero attached hydrogens (tertiary/aromatic N) is 8. The van der Waals surface area contributed by atoms with Crippen LogP contribution in [0.1, 0.15) is 27.7 Å². The van der Waals surface area contributed by atoms with Crippen molar-refractivity contribution in [2.75, 3.05) is 98.6 Å². The third-order valence-corrected chi connectivity index (χ3v) is 8.75. The Balaban J connectivity index is 1.31. The normalized spacial score (nSPS) is 14.7. The number of anilines is 4. The molecule has 0 saturated carbocycles. The quantitative estimate of drug-likeness (QED) is 0.0856. The number of rotatable bonds is 19. The van der Waals surface area contributed by atoms with Crippen LogP contribution in [0.2, 0.25) is 0 Å². The summed E-state index contributed by atoms with van der Waals surface area (Å²) in [6.45, 7) is 15.6. The number of para-hydroxylation sites is 4. The van der Waals surface area contributed by atoms with E-state index >= 15 is 0 Å². The monoisotopic (exact) mass is 694 g/mol. The van der Waals surface area contributed by atoms with Gasteiger partial charge < -0.3 is 38.5 Å². The zero-order chi connectivity index (χ0) is 35.4. The maximum Gasteiger partial charge on any atom is 0.178 e. The van der Waals surface area contributed by atoms with Gasteiger partial charge in [-0.1, -0.05) is 42.5 Å². The second-order valence-corrected chi connectivity index (χ2v) is 11.9. The standard InChI is InChI=1S/C39H50N8O4/c1-5-48-26-22-44-34(45(23-27-49-6-2)37-36(44)40-30-16-12-13-17-31(30)41-37)20-10-9-11-21-35-46(24-28-50-7-3)38-39(47(35)25-29-51-8-4)43-33-19-15-14-18-32(33)42-38/h9-21,34H,5-8,22-29H2,1-4H3/b11-9+,20-10+. The van der Waals surface area contributed by atoms with Crippen LogP contribution in [-0.2, 0) is 18.9 Å². The zero-order valence-corrected chi connectivity index (χ0v) is 30.3. The van der Waals surface area contributed by atoms with Crippen LogP contribution in [0.15, 0.2) is 84.7 Å². The van der Waals surface area contributed by atoms with Gasteiger partial charge in [0.25, 0.3) is 0 Å². The Bertz CT molecular complexity index is 1720. The Kier molecular flexibility index (Phi) is 12.8. The lowest BCUT2D eigenvalue weighted by atomic mass is 10.3. The molecular formula is C39H50N8O4. The Labute approximate surface area is 301 Å². The molecule has 0 spiro atoms. The minimum atomic E-state index is -0.114. The molecular weight excluding hydrogens is 644 g/mol. The smallest absolute Gasteiger partial charge is 0.178 e. The fraction of sp³-hybridized carbons (Fsp3) is 0.436. The summed E-state index contributed by atoms with van der Waals surface area (Å²) in [7, 11) is 0. The Morgan fingerprint density at radius 3 is 1.31 bits per heavy atom. The second kappa shape index (κ2) is 18.0. The lowest BCUT2D eigenvalue weighted by Gasteiger charge is -2.29. The molecule has 0 atom stereocenters. The maximum absolute atomic E-state index is 5.81. The molecule has 6 rings (SSSR count). The van der Waals surface area contributed by atoms with Crippen LogP contribution in [0.3, 0.4) is 0 Å². The van der Waals surface area contributed by atoms with Crippen LogP contribution in [0.25, 0.3) is 22.1 Å². The third kappa shape index (κ3) is 8.31. The van der Waals surface area contributed by atoms with Crippen LogP contribution < -0.4 is 19.6 Å². The molecule has 0 aliphatic carbocycles. The first-order valence-electron chi connectivity index (χ1n) is 18.2. The minimum Gasteiger partial charge on any atom is -0.380 e. The number of benzene rings is 2. The highest BCUT2D eigenvalue weighted by Crippen LogP contribution is 2.40. The molecule has 0 unspecified atom stereocenters. The van der Waals surface area contributed by atoms with Crippen LogP contribution in [0, 0.1) is 0 Å². The van der Waals surface area contributed by atoms with Gasteiger partial charge in [-0.3, -0.25) is 0 Å². The van der Waals surface area contributed by atoms with Crippen molar-refractivity contribution in [3.63, 3.8) is 0 Å². The summed E-state index contributed by atoms with van der Waals surface area (Å²) in [5.74, 6) is 4.35. The lowest BCUT2D eigenvalue weighted by Crippen LogP contribution is -2.44. The summed E-state index contributed by atoms with van der Waals surface area (Å²) in [5, 5.41) is 0. The fourth-order valence-electron chi connectivity index (χ4n) is 6.38. The molecule has 2 aromatic heterocycles. The molecule has 270 valence electrons. The minimum absolute atomic E-state index is 0.114. The highest BCUT2D eigenvalue weighted by atomic mass is 16.5. The number of ether oxygens (including phenoxy) is 4. The molecule has 2 aliphatic rings. The van der Waals surface area contributed by atoms with E-state index in [2.05, 4.69) is 50.0 Å². The van der Waals surface area contributed by atoms with Crippen molar-refractivity contribution in [1.82, 2.24) is 19.9 Å². The summed E-state index contributed by atoms with van der Waals surface area (Å²) in [5.41, 5.74) is 3.46. The summed E-state index contributed by atoms with van der Waals surface area (Å²) in [4.78, 5) is 29.2. The molecule has 4 aromatic rings. The van der Waals surface area contributed by atoms with Crippen molar-refractivity contribution in [2.24, 2.45) is 0 Å². The first kappa shape index (κ1) is 36.2. The van der Waals surface area contributed by atoms with Gasteiger partial charge in [0.15, 0.2) is 23.3 Å². The van der Waals surface area contributed by atoms with Gasteiger partial charge >= 0.3 is 0 Å². The van der Waals surface area contributed by atoms with E-state index < -0.39 is 0 Å². The molecule has 0 N–H and O–H groups in total. The molecule has 12 nitrogen and oxygen atoms in total. The van der Waals surface area contributed by atoms with Crippen molar-refractivity contribution in [1.29, 1.82) is 0 Å². The Morgan fingerprint density at radius 1 is 0.510 bits per heavy atom. The SMILES string of the molecule is CCOCCN1C(=C/C=C/C=C/C2N(CCOCC)c3nc4ccccc4nc3N2CCOCC)N(CCOCC)c2nc3ccccc3nc21. The molecule has 51 heavy (non-hydrogen) atoms. The van der Waals surface area contributed by atoms with Crippen LogP contribution in [-0.4, -0.2) is 105 Å². The van der Waals surface area contributed by atoms with Gasteiger partial charge in [-0.05, 0) is 64.1 Å². The van der Waals surface area contributed by atoms with Crippen molar-refractivity contribution in [3.05, 3.63) is 84.7 Å². The van der Waals surface area contributed by atoms with Gasteiger partial charge in [-0.25, -0.2) is 19.9 Å². The molecule has 2 aromatic carbocycles. The maximum atomic E-state index is 5.81. The number of aromatic nitrogens is 4. The highest BCUT2D eigenvalue weighted by molar-refractivity contribution is 5.86. The van der Waals surface area contributed by atoms with Crippen molar-refractivity contribution < 1.29 is 18.9 Å². The van der Waals surface area contributed by atoms with Crippen LogP contribution in [0.5, 0.6) is 0 Å². The zero-order valence-electron chi connectivity index (χ0n) is 30.3. The van der Waals surface area contributed by atoms with Crippen molar-refractivity contribution in [2.45, 2.75) is 33.9 Å². The number of hydrogen-bond donors (Lipinski definition) is 0. The largest absolute Gasteiger partial charge is 0.380 e. The lowest BCUT2D eigenvalue weighted by molar-refractivity contribution is 0.150. The van der Waals surface area contributed by atoms with E-state index in [1.807, 2.05) is 76.2 Å². The predicted octanol–water partition coefficient (Wildman–Crippen LogP) is 5.95. The molecule has 0 fully saturated rings. The van der Waals surface area contributed by atoms with Gasteiger partial charge in [0.2, 0.25) is 0 Å². The fourth-order valence-corrected chi connectivity index (χ4v) is 6.38. The van der Waals surface area contributed by atoms with Crippen LogP contribution >= 0.6 is 0 Å². The van der Waals surface area contributed by atoms with Crippen LogP contribution in [0.4, 0.5) is 23.3 Å². The first-order valence-corrected chi connectivity index (χ1v) is 18.2. The highest BCUT2D eigenvalue weighted by Gasteiger charge is 2.37. The molecule has 0 saturated heterocycles. The van der Waals surface area contributed by atoms with Gasteiger partial charge in [-0.2, -0.15) is 0 Å². The molecule has 0 radical (unpaired) electrons. The molecule has 12 heteroatoms. The van der Waals surface area contributed by atoms with Crippen molar-refractivity contribution >= 4 is 45.3 Å².